The fourth-order valence-electron chi connectivity index (χ4n) is 2.47. The number of carbonyl (C=O) groups is 1. The zero-order valence-electron chi connectivity index (χ0n) is 17.8. The Morgan fingerprint density at radius 2 is 1.72 bits per heavy atom. The Balaban J connectivity index is 2.09. The van der Waals surface area contributed by atoms with Crippen LogP contribution in [-0.2, 0) is 14.4 Å². The Bertz CT molecular complexity index is 767. The number of nitrogens with zero attached hydrogens (tertiary/aromatic N) is 1. The summed E-state index contributed by atoms with van der Waals surface area (Å²) >= 11 is 1.61. The highest BCUT2D eigenvalue weighted by atomic mass is 32.1. The summed E-state index contributed by atoms with van der Waals surface area (Å²) < 4.78 is 11.2. The minimum absolute atomic E-state index is 0.361. The molecule has 0 fully saturated rings. The van der Waals surface area contributed by atoms with Crippen LogP contribution >= 0.6 is 11.3 Å². The first-order valence-electron chi connectivity index (χ1n) is 10.2. The van der Waals surface area contributed by atoms with Crippen LogP contribution in [0.15, 0.2) is 46.9 Å². The average molecular weight is 418 g/mol. The second-order valence-corrected chi connectivity index (χ2v) is 8.18. The van der Waals surface area contributed by atoms with E-state index in [-0.39, 0.29) is 5.97 Å². The lowest BCUT2D eigenvalue weighted by Gasteiger charge is -2.24. The van der Waals surface area contributed by atoms with Crippen LogP contribution in [0.3, 0.4) is 0 Å². The van der Waals surface area contributed by atoms with E-state index in [1.165, 1.54) is 0 Å². The standard InChI is InChI=1S/C23H31NO4S/c1-5-7-15-26-22(25)23(3,4)28-19-13-11-18(12-14-19)21(20-10-9-17-29-20)24-27-16-8-6-2/h9-14,17H,5-8,15-16H2,1-4H3. The molecule has 1 heterocycles. The summed E-state index contributed by atoms with van der Waals surface area (Å²) in [5.74, 6) is 0.240. The third-order valence-electron chi connectivity index (χ3n) is 4.22. The summed E-state index contributed by atoms with van der Waals surface area (Å²) in [7, 11) is 0. The lowest BCUT2D eigenvalue weighted by molar-refractivity contribution is -0.159. The lowest BCUT2D eigenvalue weighted by Crippen LogP contribution is -2.39. The maximum Gasteiger partial charge on any atom is 0.349 e. The van der Waals surface area contributed by atoms with E-state index in [4.69, 9.17) is 14.3 Å². The molecule has 0 amide bonds. The molecule has 0 spiro atoms. The normalized spacial score (nSPS) is 11.9. The van der Waals surface area contributed by atoms with Crippen LogP contribution in [0, 0.1) is 0 Å². The van der Waals surface area contributed by atoms with Gasteiger partial charge >= 0.3 is 5.97 Å². The van der Waals surface area contributed by atoms with Crippen LogP contribution < -0.4 is 4.74 Å². The van der Waals surface area contributed by atoms with Gasteiger partial charge < -0.3 is 14.3 Å². The maximum atomic E-state index is 12.3. The predicted molar refractivity (Wildman–Crippen MR) is 118 cm³/mol. The average Bonchev–Trinajstić information content (AvgIpc) is 3.23. The van der Waals surface area contributed by atoms with Gasteiger partial charge in [0.1, 0.15) is 18.1 Å². The Labute approximate surface area is 177 Å². The lowest BCUT2D eigenvalue weighted by atomic mass is 10.1. The van der Waals surface area contributed by atoms with Gasteiger partial charge in [-0.1, -0.05) is 37.9 Å². The van der Waals surface area contributed by atoms with E-state index in [1.807, 2.05) is 41.8 Å². The summed E-state index contributed by atoms with van der Waals surface area (Å²) in [6.45, 7) is 8.62. The molecule has 0 radical (unpaired) electrons. The van der Waals surface area contributed by atoms with Gasteiger partial charge in [0, 0.05) is 5.56 Å². The summed E-state index contributed by atoms with van der Waals surface area (Å²) in [5, 5.41) is 6.38. The number of unbranched alkanes of at least 4 members (excludes halogenated alkanes) is 2. The molecule has 1 aromatic heterocycles. The second-order valence-electron chi connectivity index (χ2n) is 7.23. The van der Waals surface area contributed by atoms with Crippen molar-refractivity contribution in [1.29, 1.82) is 0 Å². The largest absolute Gasteiger partial charge is 0.476 e. The molecule has 0 N–H and O–H groups in total. The van der Waals surface area contributed by atoms with Crippen LogP contribution in [0.5, 0.6) is 5.75 Å². The molecule has 0 aliphatic carbocycles. The topological polar surface area (TPSA) is 57.1 Å². The van der Waals surface area contributed by atoms with E-state index >= 15 is 0 Å². The summed E-state index contributed by atoms with van der Waals surface area (Å²) in [5.41, 5.74) is 0.670. The summed E-state index contributed by atoms with van der Waals surface area (Å²) in [6, 6.07) is 11.5. The van der Waals surface area contributed by atoms with Crippen molar-refractivity contribution in [3.63, 3.8) is 0 Å². The van der Waals surface area contributed by atoms with E-state index in [9.17, 15) is 4.79 Å². The summed E-state index contributed by atoms with van der Waals surface area (Å²) in [6.07, 6.45) is 3.86. The molecule has 0 unspecified atom stereocenters. The molecule has 6 heteroatoms. The van der Waals surface area contributed by atoms with Crippen LogP contribution in [0.4, 0.5) is 0 Å². The SMILES string of the molecule is CCCCON=C(c1ccc(OC(C)(C)C(=O)OCCCC)cc1)c1cccs1. The smallest absolute Gasteiger partial charge is 0.349 e. The molecule has 0 saturated carbocycles. The van der Waals surface area contributed by atoms with Crippen molar-refractivity contribution in [1.82, 2.24) is 0 Å². The first-order chi connectivity index (χ1) is 14.0. The van der Waals surface area contributed by atoms with Crippen molar-refractivity contribution in [3.05, 3.63) is 52.2 Å². The molecular weight excluding hydrogens is 386 g/mol. The van der Waals surface area contributed by atoms with E-state index < -0.39 is 5.60 Å². The molecule has 1 aromatic carbocycles. The number of carbonyl (C=O) groups excluding carboxylic acids is 1. The zero-order chi connectivity index (χ0) is 21.1. The van der Waals surface area contributed by atoms with E-state index in [1.54, 1.807) is 25.2 Å². The Morgan fingerprint density at radius 3 is 2.34 bits per heavy atom. The third kappa shape index (κ3) is 7.20. The fourth-order valence-corrected chi connectivity index (χ4v) is 3.20. The highest BCUT2D eigenvalue weighted by Crippen LogP contribution is 2.23. The first-order valence-corrected chi connectivity index (χ1v) is 11.1. The minimum atomic E-state index is -1.05. The van der Waals surface area contributed by atoms with E-state index in [0.717, 1.165) is 41.8 Å². The molecule has 0 atom stereocenters. The molecule has 158 valence electrons. The van der Waals surface area contributed by atoms with Crippen molar-refractivity contribution in [2.45, 2.75) is 59.0 Å². The highest BCUT2D eigenvalue weighted by molar-refractivity contribution is 7.12. The van der Waals surface area contributed by atoms with Crippen molar-refractivity contribution >= 4 is 23.0 Å². The van der Waals surface area contributed by atoms with Crippen LogP contribution in [0.25, 0.3) is 0 Å². The predicted octanol–water partition coefficient (Wildman–Crippen LogP) is 5.82. The number of rotatable bonds is 12. The monoisotopic (exact) mass is 417 g/mol. The van der Waals surface area contributed by atoms with E-state index in [0.29, 0.717) is 19.0 Å². The molecular formula is C23H31NO4S. The third-order valence-corrected chi connectivity index (χ3v) is 5.10. The van der Waals surface area contributed by atoms with Crippen molar-refractivity contribution < 1.29 is 19.1 Å². The number of hydrogen-bond acceptors (Lipinski definition) is 6. The number of hydrogen-bond donors (Lipinski definition) is 0. The Morgan fingerprint density at radius 1 is 1.03 bits per heavy atom. The number of esters is 1. The van der Waals surface area contributed by atoms with Gasteiger partial charge in [-0.05, 0) is 62.4 Å². The highest BCUT2D eigenvalue weighted by Gasteiger charge is 2.31. The number of benzene rings is 1. The quantitative estimate of drug-likeness (QED) is 0.189. The Kier molecular flexibility index (Phi) is 9.19. The van der Waals surface area contributed by atoms with Gasteiger partial charge in [0.25, 0.3) is 0 Å². The molecule has 2 aromatic rings. The number of oxime groups is 1. The van der Waals surface area contributed by atoms with Crippen LogP contribution in [0.1, 0.15) is 63.8 Å². The maximum absolute atomic E-state index is 12.3. The minimum Gasteiger partial charge on any atom is -0.476 e. The van der Waals surface area contributed by atoms with Crippen LogP contribution in [-0.4, -0.2) is 30.5 Å². The van der Waals surface area contributed by atoms with Crippen molar-refractivity contribution in [3.8, 4) is 5.75 Å². The summed E-state index contributed by atoms with van der Waals surface area (Å²) in [4.78, 5) is 18.8. The molecule has 0 saturated heterocycles. The number of thiophene rings is 1. The molecule has 0 bridgehead atoms. The van der Waals surface area contributed by atoms with Gasteiger partial charge in [0.15, 0.2) is 5.60 Å². The second kappa shape index (κ2) is 11.6. The first kappa shape index (κ1) is 22.9. The Hall–Kier alpha value is -2.34. The van der Waals surface area contributed by atoms with Crippen molar-refractivity contribution in [2.75, 3.05) is 13.2 Å². The van der Waals surface area contributed by atoms with Crippen LogP contribution in [0.2, 0.25) is 0 Å². The zero-order valence-corrected chi connectivity index (χ0v) is 18.6. The van der Waals surface area contributed by atoms with Gasteiger partial charge in [-0.15, -0.1) is 11.3 Å². The van der Waals surface area contributed by atoms with Gasteiger partial charge in [0.2, 0.25) is 0 Å². The van der Waals surface area contributed by atoms with Gasteiger partial charge in [-0.2, -0.15) is 0 Å². The van der Waals surface area contributed by atoms with Gasteiger partial charge in [0.05, 0.1) is 11.5 Å². The molecule has 29 heavy (non-hydrogen) atoms. The van der Waals surface area contributed by atoms with E-state index in [2.05, 4.69) is 19.0 Å². The number of ether oxygens (including phenoxy) is 2. The molecule has 2 rings (SSSR count). The van der Waals surface area contributed by atoms with Crippen molar-refractivity contribution in [2.24, 2.45) is 5.16 Å². The van der Waals surface area contributed by atoms with Gasteiger partial charge in [-0.3, -0.25) is 0 Å². The fraction of sp³-hybridized carbons (Fsp3) is 0.478. The van der Waals surface area contributed by atoms with Gasteiger partial charge in [-0.25, -0.2) is 4.79 Å². The molecule has 5 nitrogen and oxygen atoms in total. The molecule has 0 aliphatic heterocycles. The molecule has 0 aliphatic rings.